The van der Waals surface area contributed by atoms with Gasteiger partial charge in [0.1, 0.15) is 0 Å². The second-order valence-electron chi connectivity index (χ2n) is 22.2. The van der Waals surface area contributed by atoms with Crippen molar-refractivity contribution in [1.29, 1.82) is 0 Å². The van der Waals surface area contributed by atoms with Crippen LogP contribution in [0.5, 0.6) is 0 Å². The van der Waals surface area contributed by atoms with E-state index in [4.69, 9.17) is 15.0 Å². The van der Waals surface area contributed by atoms with Crippen molar-refractivity contribution in [3.8, 4) is 78.9 Å². The van der Waals surface area contributed by atoms with Crippen molar-refractivity contribution < 1.29 is 0 Å². The fourth-order valence-corrected chi connectivity index (χ4v) is 11.0. The quantitative estimate of drug-likeness (QED) is 0.152. The van der Waals surface area contributed by atoms with E-state index in [0.717, 1.165) is 60.8 Å². The third-order valence-corrected chi connectivity index (χ3v) is 15.2. The fourth-order valence-electron chi connectivity index (χ4n) is 11.0. The van der Waals surface area contributed by atoms with E-state index in [-0.39, 0.29) is 10.8 Å². The molecule has 13 rings (SSSR count). The Morgan fingerprint density at radius 2 is 0.605 bits per heavy atom. The van der Waals surface area contributed by atoms with Gasteiger partial charge in [0, 0.05) is 32.7 Å². The Labute approximate surface area is 444 Å². The third-order valence-electron chi connectivity index (χ3n) is 15.2. The van der Waals surface area contributed by atoms with Crippen molar-refractivity contribution in [2.75, 3.05) is 0 Å². The molecule has 0 saturated carbocycles. The number of para-hydroxylation sites is 1. The van der Waals surface area contributed by atoms with E-state index in [1.807, 2.05) is 18.2 Å². The molecule has 5 nitrogen and oxygen atoms in total. The average molecular weight is 980 g/mol. The molecule has 0 saturated heterocycles. The third kappa shape index (κ3) is 8.35. The van der Waals surface area contributed by atoms with Crippen molar-refractivity contribution in [2.24, 2.45) is 0 Å². The number of rotatable bonds is 8. The van der Waals surface area contributed by atoms with E-state index in [1.165, 1.54) is 55.3 Å². The van der Waals surface area contributed by atoms with Gasteiger partial charge >= 0.3 is 0 Å². The van der Waals surface area contributed by atoms with Gasteiger partial charge in [-0.3, -0.25) is 4.57 Å². The maximum atomic E-state index is 5.56. The maximum absolute atomic E-state index is 5.56. The number of aromatic nitrogens is 5. The normalized spacial score (nSPS) is 12.1. The van der Waals surface area contributed by atoms with Crippen LogP contribution in [0.2, 0.25) is 0 Å². The Morgan fingerprint density at radius 3 is 1.01 bits per heavy atom. The molecule has 5 heteroatoms. The fraction of sp³-hybridized carbons (Fsp3) is 0.113. The summed E-state index contributed by atoms with van der Waals surface area (Å²) in [5.41, 5.74) is 19.1. The van der Waals surface area contributed by atoms with Crippen LogP contribution in [-0.4, -0.2) is 24.1 Å². The highest BCUT2D eigenvalue weighted by Gasteiger charge is 2.23. The summed E-state index contributed by atoms with van der Waals surface area (Å²) in [7, 11) is 0. The molecular weight excluding hydrogens is 923 g/mol. The first-order valence-corrected chi connectivity index (χ1v) is 26.3. The summed E-state index contributed by atoms with van der Waals surface area (Å²) in [4.78, 5) is 16.4. The molecule has 0 aliphatic carbocycles. The van der Waals surface area contributed by atoms with Crippen LogP contribution in [0.3, 0.4) is 0 Å². The Morgan fingerprint density at radius 1 is 0.276 bits per heavy atom. The highest BCUT2D eigenvalue weighted by atomic mass is 15.2. The molecule has 3 aromatic heterocycles. The van der Waals surface area contributed by atoms with Crippen LogP contribution in [0.4, 0.5) is 0 Å². The summed E-state index contributed by atoms with van der Waals surface area (Å²) in [6, 6.07) is 85.5. The van der Waals surface area contributed by atoms with E-state index in [9.17, 15) is 0 Å². The predicted octanol–water partition coefficient (Wildman–Crippen LogP) is 18.7. The first-order valence-electron chi connectivity index (χ1n) is 26.3. The lowest BCUT2D eigenvalue weighted by Crippen LogP contribution is -2.10. The molecule has 0 unspecified atom stereocenters. The lowest BCUT2D eigenvalue weighted by Gasteiger charge is -2.19. The average Bonchev–Trinajstić information content (AvgIpc) is 3.97. The van der Waals surface area contributed by atoms with Gasteiger partial charge in [-0.2, -0.15) is 9.97 Å². The molecule has 10 aromatic carbocycles. The Kier molecular flexibility index (Phi) is 11.2. The zero-order chi connectivity index (χ0) is 51.7. The molecule has 0 radical (unpaired) electrons. The molecule has 366 valence electrons. The monoisotopic (exact) mass is 979 g/mol. The number of hydrogen-bond acceptors (Lipinski definition) is 3. The van der Waals surface area contributed by atoms with Gasteiger partial charge in [-0.1, -0.05) is 217 Å². The number of fused-ring (bicyclic) bond motifs is 6. The van der Waals surface area contributed by atoms with Gasteiger partial charge in [0.05, 0.1) is 27.8 Å². The van der Waals surface area contributed by atoms with E-state index >= 15 is 0 Å². The second-order valence-corrected chi connectivity index (χ2v) is 22.2. The minimum atomic E-state index is 0.0581. The zero-order valence-electron chi connectivity index (χ0n) is 43.8. The summed E-state index contributed by atoms with van der Waals surface area (Å²) >= 11 is 0. The van der Waals surface area contributed by atoms with Crippen molar-refractivity contribution in [3.63, 3.8) is 0 Å². The minimum Gasteiger partial charge on any atom is -0.309 e. The van der Waals surface area contributed by atoms with E-state index in [0.29, 0.717) is 17.6 Å². The molecule has 0 amide bonds. The molecule has 0 aliphatic rings. The summed E-state index contributed by atoms with van der Waals surface area (Å²) in [5, 5.41) is 4.59. The Bertz CT molecular complexity index is 4100. The van der Waals surface area contributed by atoms with Crippen LogP contribution in [0.15, 0.2) is 237 Å². The minimum absolute atomic E-state index is 0.0581. The predicted molar refractivity (Wildman–Crippen MR) is 319 cm³/mol. The van der Waals surface area contributed by atoms with Crippen LogP contribution >= 0.6 is 0 Å². The van der Waals surface area contributed by atoms with Gasteiger partial charge in [-0.05, 0) is 127 Å². The first-order chi connectivity index (χ1) is 36.9. The number of hydrogen-bond donors (Lipinski definition) is 0. The molecule has 0 bridgehead atoms. The lowest BCUT2D eigenvalue weighted by molar-refractivity contribution is 0.590. The van der Waals surface area contributed by atoms with Gasteiger partial charge < -0.3 is 4.57 Å². The Hall–Kier alpha value is -9.19. The van der Waals surface area contributed by atoms with Crippen molar-refractivity contribution in [3.05, 3.63) is 248 Å². The summed E-state index contributed by atoms with van der Waals surface area (Å²) in [6.45, 7) is 13.6. The number of benzene rings is 10. The summed E-state index contributed by atoms with van der Waals surface area (Å²) in [6.07, 6.45) is 0. The molecular formula is C71H57N5. The molecule has 0 atom stereocenters. The highest BCUT2D eigenvalue weighted by molar-refractivity contribution is 6.13. The van der Waals surface area contributed by atoms with Crippen molar-refractivity contribution in [2.45, 2.75) is 52.4 Å². The van der Waals surface area contributed by atoms with Gasteiger partial charge in [0.25, 0.3) is 0 Å². The van der Waals surface area contributed by atoms with Crippen LogP contribution in [-0.2, 0) is 10.8 Å². The molecule has 76 heavy (non-hydrogen) atoms. The number of nitrogens with zero attached hydrogens (tertiary/aromatic N) is 5. The van der Waals surface area contributed by atoms with E-state index in [1.54, 1.807) is 0 Å². The molecule has 0 spiro atoms. The topological polar surface area (TPSA) is 48.5 Å². The summed E-state index contributed by atoms with van der Waals surface area (Å²) < 4.78 is 4.63. The largest absolute Gasteiger partial charge is 0.309 e. The van der Waals surface area contributed by atoms with Crippen LogP contribution < -0.4 is 0 Å². The molecule has 0 fully saturated rings. The van der Waals surface area contributed by atoms with Gasteiger partial charge in [-0.15, -0.1) is 0 Å². The van der Waals surface area contributed by atoms with Gasteiger partial charge in [0.15, 0.2) is 11.6 Å². The molecule has 13 aromatic rings. The first kappa shape index (κ1) is 46.6. The van der Waals surface area contributed by atoms with Crippen molar-refractivity contribution in [1.82, 2.24) is 24.1 Å². The molecule has 3 heterocycles. The maximum Gasteiger partial charge on any atom is 0.238 e. The lowest BCUT2D eigenvalue weighted by atomic mass is 9.86. The van der Waals surface area contributed by atoms with Crippen LogP contribution in [0, 0.1) is 0 Å². The van der Waals surface area contributed by atoms with E-state index in [2.05, 4.69) is 269 Å². The summed E-state index contributed by atoms with van der Waals surface area (Å²) in [5.74, 6) is 1.72. The standard InChI is InChI=1S/C71H57N5/c1-70(2,3)55-34-26-48(27-35-55)53-32-40-65-60(44-53)61-45-54(49-28-36-56(37-29-49)71(4,5)6)33-41-66(61)76(65)69-73-67(50-22-14-9-15-23-50)72-68(74-69)57-24-16-17-25-62(57)75-63-38-30-51(46-18-10-7-11-19-46)42-58(63)59-43-52(31-39-64(59)75)47-20-12-8-13-21-47/h7-45H,1-6H3. The Balaban J connectivity index is 1.03. The van der Waals surface area contributed by atoms with Gasteiger partial charge in [-0.25, -0.2) is 4.98 Å². The van der Waals surface area contributed by atoms with Crippen molar-refractivity contribution >= 4 is 43.6 Å². The molecule has 0 aliphatic heterocycles. The second kappa shape index (κ2) is 18.3. The SMILES string of the molecule is CC(C)(C)c1ccc(-c2ccc3c(c2)c2cc(-c4ccc(C(C)(C)C)cc4)ccc2n3-c2nc(-c3ccccc3)nc(-c3ccccc3-n3c4ccc(-c5ccccc5)cc4c4cc(-c5ccccc5)ccc43)n2)cc1. The smallest absolute Gasteiger partial charge is 0.238 e. The molecule has 0 N–H and O–H groups in total. The van der Waals surface area contributed by atoms with Crippen LogP contribution in [0.25, 0.3) is 123 Å². The van der Waals surface area contributed by atoms with Crippen LogP contribution in [0.1, 0.15) is 52.7 Å². The van der Waals surface area contributed by atoms with E-state index < -0.39 is 0 Å². The van der Waals surface area contributed by atoms with Gasteiger partial charge in [0.2, 0.25) is 5.95 Å². The highest BCUT2D eigenvalue weighted by Crippen LogP contribution is 2.42. The zero-order valence-corrected chi connectivity index (χ0v) is 43.8.